The first-order valence-corrected chi connectivity index (χ1v) is 11.2. The van der Waals surface area contributed by atoms with E-state index in [0.717, 1.165) is 31.5 Å². The molecule has 1 atom stereocenters. The van der Waals surface area contributed by atoms with E-state index >= 15 is 0 Å². The summed E-state index contributed by atoms with van der Waals surface area (Å²) in [6.07, 6.45) is 5.57. The Labute approximate surface area is 178 Å². The van der Waals surface area contributed by atoms with E-state index in [1.165, 1.54) is 11.3 Å². The summed E-state index contributed by atoms with van der Waals surface area (Å²) in [5.74, 6) is -0.438. The number of rotatable bonds is 6. The SMILES string of the molecule is NC(=O)C1(N2CCCCC2)CCN([C@@H]2CC(=O)N(CCc3ccccc3)C2=O)CC1. The monoisotopic (exact) mass is 412 g/mol. The summed E-state index contributed by atoms with van der Waals surface area (Å²) in [7, 11) is 0. The molecule has 1 aromatic carbocycles. The molecule has 0 saturated carbocycles. The van der Waals surface area contributed by atoms with Gasteiger partial charge in [0.15, 0.2) is 0 Å². The van der Waals surface area contributed by atoms with Gasteiger partial charge in [0.25, 0.3) is 0 Å². The molecule has 3 amide bonds. The average Bonchev–Trinajstić information content (AvgIpc) is 3.07. The van der Waals surface area contributed by atoms with E-state index in [9.17, 15) is 14.4 Å². The zero-order chi connectivity index (χ0) is 21.1. The Bertz CT molecular complexity index is 783. The van der Waals surface area contributed by atoms with Gasteiger partial charge in [0.2, 0.25) is 17.7 Å². The summed E-state index contributed by atoms with van der Waals surface area (Å²) in [4.78, 5) is 43.7. The van der Waals surface area contributed by atoms with E-state index in [4.69, 9.17) is 5.73 Å². The van der Waals surface area contributed by atoms with Crippen LogP contribution in [0.1, 0.15) is 44.1 Å². The predicted molar refractivity (Wildman–Crippen MR) is 113 cm³/mol. The minimum atomic E-state index is -0.602. The third-order valence-corrected chi connectivity index (χ3v) is 7.17. The Morgan fingerprint density at radius 3 is 2.30 bits per heavy atom. The van der Waals surface area contributed by atoms with Crippen molar-refractivity contribution in [1.82, 2.24) is 14.7 Å². The van der Waals surface area contributed by atoms with Crippen LogP contribution in [-0.2, 0) is 20.8 Å². The van der Waals surface area contributed by atoms with Gasteiger partial charge in [0.1, 0.15) is 5.54 Å². The second-order valence-electron chi connectivity index (χ2n) is 8.82. The molecule has 0 aromatic heterocycles. The third kappa shape index (κ3) is 4.01. The lowest BCUT2D eigenvalue weighted by Gasteiger charge is -2.48. The molecular weight excluding hydrogens is 380 g/mol. The van der Waals surface area contributed by atoms with Crippen molar-refractivity contribution in [2.24, 2.45) is 5.73 Å². The second kappa shape index (κ2) is 8.86. The van der Waals surface area contributed by atoms with E-state index in [-0.39, 0.29) is 24.1 Å². The van der Waals surface area contributed by atoms with E-state index in [0.29, 0.717) is 38.9 Å². The Morgan fingerprint density at radius 2 is 1.67 bits per heavy atom. The number of piperidine rings is 2. The molecule has 3 aliphatic heterocycles. The van der Waals surface area contributed by atoms with Crippen LogP contribution in [0.4, 0.5) is 0 Å². The van der Waals surface area contributed by atoms with Crippen molar-refractivity contribution in [3.8, 4) is 0 Å². The number of likely N-dealkylation sites (tertiary alicyclic amines) is 3. The molecule has 0 bridgehead atoms. The number of amides is 3. The number of hydrogen-bond donors (Lipinski definition) is 1. The molecule has 0 aliphatic carbocycles. The molecule has 7 heteroatoms. The van der Waals surface area contributed by atoms with Crippen molar-refractivity contribution in [2.75, 3.05) is 32.7 Å². The predicted octanol–water partition coefficient (Wildman–Crippen LogP) is 1.16. The number of hydrogen-bond acceptors (Lipinski definition) is 5. The summed E-state index contributed by atoms with van der Waals surface area (Å²) in [5.41, 5.74) is 6.39. The Kier molecular flexibility index (Phi) is 6.20. The molecule has 0 radical (unpaired) electrons. The van der Waals surface area contributed by atoms with Crippen LogP contribution in [0.2, 0.25) is 0 Å². The van der Waals surface area contributed by atoms with Gasteiger partial charge in [0.05, 0.1) is 12.5 Å². The van der Waals surface area contributed by atoms with Gasteiger partial charge in [-0.15, -0.1) is 0 Å². The molecule has 2 N–H and O–H groups in total. The van der Waals surface area contributed by atoms with Gasteiger partial charge < -0.3 is 5.73 Å². The summed E-state index contributed by atoms with van der Waals surface area (Å²) >= 11 is 0. The van der Waals surface area contributed by atoms with Crippen LogP contribution in [0.5, 0.6) is 0 Å². The fourth-order valence-electron chi connectivity index (χ4n) is 5.32. The van der Waals surface area contributed by atoms with E-state index in [1.54, 1.807) is 0 Å². The lowest BCUT2D eigenvalue weighted by Crippen LogP contribution is -2.64. The summed E-state index contributed by atoms with van der Waals surface area (Å²) < 4.78 is 0. The number of carbonyl (C=O) groups excluding carboxylic acids is 3. The second-order valence-corrected chi connectivity index (χ2v) is 8.82. The minimum Gasteiger partial charge on any atom is -0.368 e. The van der Waals surface area contributed by atoms with E-state index < -0.39 is 11.6 Å². The Morgan fingerprint density at radius 1 is 1.00 bits per heavy atom. The lowest BCUT2D eigenvalue weighted by molar-refractivity contribution is -0.140. The normalized spacial score (nSPS) is 25.6. The van der Waals surface area contributed by atoms with Gasteiger partial charge in [0, 0.05) is 19.6 Å². The van der Waals surface area contributed by atoms with Crippen molar-refractivity contribution >= 4 is 17.7 Å². The van der Waals surface area contributed by atoms with Crippen molar-refractivity contribution < 1.29 is 14.4 Å². The van der Waals surface area contributed by atoms with Crippen molar-refractivity contribution in [3.63, 3.8) is 0 Å². The van der Waals surface area contributed by atoms with Crippen LogP contribution in [0.15, 0.2) is 30.3 Å². The van der Waals surface area contributed by atoms with E-state index in [1.807, 2.05) is 30.3 Å². The highest BCUT2D eigenvalue weighted by molar-refractivity contribution is 6.05. The van der Waals surface area contributed by atoms with Crippen LogP contribution < -0.4 is 5.73 Å². The maximum Gasteiger partial charge on any atom is 0.247 e. The van der Waals surface area contributed by atoms with Crippen molar-refractivity contribution in [1.29, 1.82) is 0 Å². The zero-order valence-electron chi connectivity index (χ0n) is 17.6. The molecule has 1 aromatic rings. The highest BCUT2D eigenvalue weighted by Gasteiger charge is 2.49. The molecule has 3 fully saturated rings. The molecule has 3 heterocycles. The first kappa shape index (κ1) is 21.0. The number of benzene rings is 1. The van der Waals surface area contributed by atoms with Crippen LogP contribution in [0, 0.1) is 0 Å². The standard InChI is InChI=1S/C23H32N4O3/c24-22(30)23(26-12-5-2-6-13-26)10-15-25(16-11-23)19-17-20(28)27(21(19)29)14-9-18-7-3-1-4-8-18/h1,3-4,7-8,19H,2,5-6,9-17H2,(H2,24,30)/t19-/m1/s1. The lowest BCUT2D eigenvalue weighted by atomic mass is 9.83. The Hall–Kier alpha value is -2.25. The van der Waals surface area contributed by atoms with Gasteiger partial charge in [-0.3, -0.25) is 29.1 Å². The molecular formula is C23H32N4O3. The van der Waals surface area contributed by atoms with Gasteiger partial charge >= 0.3 is 0 Å². The fourth-order valence-corrected chi connectivity index (χ4v) is 5.32. The highest BCUT2D eigenvalue weighted by atomic mass is 16.2. The largest absolute Gasteiger partial charge is 0.368 e. The number of carbonyl (C=O) groups is 3. The average molecular weight is 413 g/mol. The number of nitrogens with zero attached hydrogens (tertiary/aromatic N) is 3. The third-order valence-electron chi connectivity index (χ3n) is 7.17. The van der Waals surface area contributed by atoms with Crippen LogP contribution in [-0.4, -0.2) is 76.7 Å². The van der Waals surface area contributed by atoms with Crippen LogP contribution in [0.3, 0.4) is 0 Å². The molecule has 162 valence electrons. The summed E-state index contributed by atoms with van der Waals surface area (Å²) in [6, 6.07) is 9.51. The zero-order valence-corrected chi connectivity index (χ0v) is 17.6. The van der Waals surface area contributed by atoms with Gasteiger partial charge in [-0.1, -0.05) is 36.8 Å². The number of imide groups is 1. The van der Waals surface area contributed by atoms with Crippen LogP contribution >= 0.6 is 0 Å². The maximum absolute atomic E-state index is 13.0. The van der Waals surface area contributed by atoms with Crippen molar-refractivity contribution in [2.45, 2.75) is 56.5 Å². The van der Waals surface area contributed by atoms with Gasteiger partial charge in [-0.25, -0.2) is 0 Å². The molecule has 0 spiro atoms. The first-order valence-electron chi connectivity index (χ1n) is 11.2. The minimum absolute atomic E-state index is 0.0938. The Balaban J connectivity index is 1.37. The summed E-state index contributed by atoms with van der Waals surface area (Å²) in [6.45, 7) is 3.49. The van der Waals surface area contributed by atoms with Crippen LogP contribution in [0.25, 0.3) is 0 Å². The maximum atomic E-state index is 13.0. The molecule has 0 unspecified atom stereocenters. The molecule has 7 nitrogen and oxygen atoms in total. The number of nitrogens with two attached hydrogens (primary N) is 1. The first-order chi connectivity index (χ1) is 14.5. The fraction of sp³-hybridized carbons (Fsp3) is 0.609. The molecule has 30 heavy (non-hydrogen) atoms. The smallest absolute Gasteiger partial charge is 0.247 e. The van der Waals surface area contributed by atoms with Gasteiger partial charge in [-0.05, 0) is 50.8 Å². The quantitative estimate of drug-likeness (QED) is 0.709. The van der Waals surface area contributed by atoms with Crippen molar-refractivity contribution in [3.05, 3.63) is 35.9 Å². The summed E-state index contributed by atoms with van der Waals surface area (Å²) in [5, 5.41) is 0. The highest BCUT2D eigenvalue weighted by Crippen LogP contribution is 2.33. The molecule has 3 saturated heterocycles. The topological polar surface area (TPSA) is 87.0 Å². The van der Waals surface area contributed by atoms with E-state index in [2.05, 4.69) is 9.80 Å². The number of primary amides is 1. The molecule has 3 aliphatic rings. The molecule has 4 rings (SSSR count). The van der Waals surface area contributed by atoms with Gasteiger partial charge in [-0.2, -0.15) is 0 Å².